The van der Waals surface area contributed by atoms with Gasteiger partial charge in [0.1, 0.15) is 6.26 Å². The molecule has 0 N–H and O–H groups in total. The van der Waals surface area contributed by atoms with E-state index in [2.05, 4.69) is 9.99 Å². The first-order chi connectivity index (χ1) is 3.77. The average Bonchev–Trinajstić information content (AvgIpc) is 1.66. The van der Waals surface area contributed by atoms with Crippen LogP contribution in [-0.2, 0) is 4.84 Å². The molecule has 0 atom stereocenters. The van der Waals surface area contributed by atoms with E-state index in [-0.39, 0.29) is 0 Å². The van der Waals surface area contributed by atoms with Crippen LogP contribution >= 0.6 is 0 Å². The van der Waals surface area contributed by atoms with Gasteiger partial charge < -0.3 is 4.84 Å². The van der Waals surface area contributed by atoms with E-state index in [4.69, 9.17) is 0 Å². The van der Waals surface area contributed by atoms with E-state index < -0.39 is 0 Å². The molecule has 0 aromatic heterocycles. The van der Waals surface area contributed by atoms with Gasteiger partial charge in [-0.25, -0.2) is 0 Å². The maximum atomic E-state index is 4.65. The highest BCUT2D eigenvalue weighted by molar-refractivity contribution is 5.52. The molecule has 0 saturated carbocycles. The fourth-order valence-electron chi connectivity index (χ4n) is 0.197. The lowest BCUT2D eigenvalue weighted by Crippen LogP contribution is -1.69. The quantitative estimate of drug-likeness (QED) is 0.304. The van der Waals surface area contributed by atoms with Gasteiger partial charge in [-0.05, 0) is 26.3 Å². The Bertz CT molecular complexity index is 101. The largest absolute Gasteiger partial charge is 0.365 e. The van der Waals surface area contributed by atoms with Crippen molar-refractivity contribution in [3.05, 3.63) is 11.8 Å². The Hall–Kier alpha value is -0.790. The summed E-state index contributed by atoms with van der Waals surface area (Å²) in [6.45, 7) is 5.70. The zero-order valence-electron chi connectivity index (χ0n) is 5.51. The normalized spacial score (nSPS) is 9.38. The fourth-order valence-corrected chi connectivity index (χ4v) is 0.197. The van der Waals surface area contributed by atoms with Gasteiger partial charge in [0.25, 0.3) is 0 Å². The van der Waals surface area contributed by atoms with Crippen LogP contribution in [0, 0.1) is 0 Å². The molecule has 0 aromatic carbocycles. The van der Waals surface area contributed by atoms with E-state index in [1.807, 2.05) is 13.8 Å². The van der Waals surface area contributed by atoms with Crippen LogP contribution in [0.2, 0.25) is 0 Å². The third kappa shape index (κ3) is 5.21. The lowest BCUT2D eigenvalue weighted by atomic mass is 10.4. The molecular weight excluding hydrogens is 102 g/mol. The van der Waals surface area contributed by atoms with Crippen molar-refractivity contribution < 1.29 is 4.84 Å². The van der Waals surface area contributed by atoms with E-state index >= 15 is 0 Å². The molecule has 0 aromatic rings. The van der Waals surface area contributed by atoms with Gasteiger partial charge in [0, 0.05) is 6.21 Å². The van der Waals surface area contributed by atoms with Crippen LogP contribution in [-0.4, -0.2) is 6.21 Å². The lowest BCUT2D eigenvalue weighted by Gasteiger charge is -1.86. The molecule has 0 heterocycles. The molecule has 0 bridgehead atoms. The molecule has 8 heavy (non-hydrogen) atoms. The van der Waals surface area contributed by atoms with Gasteiger partial charge in [-0.3, -0.25) is 0 Å². The fraction of sp³-hybridized carbons (Fsp3) is 0.500. The summed E-state index contributed by atoms with van der Waals surface area (Å²) in [5, 5.41) is 3.51. The van der Waals surface area contributed by atoms with E-state index in [0.717, 1.165) is 5.57 Å². The first-order valence-corrected chi connectivity index (χ1v) is 2.54. The van der Waals surface area contributed by atoms with Gasteiger partial charge in [-0.15, -0.1) is 0 Å². The van der Waals surface area contributed by atoms with Gasteiger partial charge in [-0.1, -0.05) is 5.16 Å². The second-order valence-corrected chi connectivity index (χ2v) is 1.66. The first-order valence-electron chi connectivity index (χ1n) is 2.54. The predicted octanol–water partition coefficient (Wildman–Crippen LogP) is 1.93. The Morgan fingerprint density at radius 2 is 2.12 bits per heavy atom. The van der Waals surface area contributed by atoms with Crippen molar-refractivity contribution in [2.45, 2.75) is 20.8 Å². The molecular formula is C6H11NO. The van der Waals surface area contributed by atoms with Crippen molar-refractivity contribution in [2.24, 2.45) is 5.16 Å². The van der Waals surface area contributed by atoms with E-state index in [0.29, 0.717) is 0 Å². The van der Waals surface area contributed by atoms with E-state index in [1.165, 1.54) is 0 Å². The summed E-state index contributed by atoms with van der Waals surface area (Å²) in [6, 6.07) is 0. The summed E-state index contributed by atoms with van der Waals surface area (Å²) >= 11 is 0. The van der Waals surface area contributed by atoms with Crippen molar-refractivity contribution in [1.82, 2.24) is 0 Å². The first kappa shape index (κ1) is 7.21. The smallest absolute Gasteiger partial charge is 0.120 e. The maximum Gasteiger partial charge on any atom is 0.120 e. The van der Waals surface area contributed by atoms with Crippen LogP contribution < -0.4 is 0 Å². The highest BCUT2D eigenvalue weighted by Gasteiger charge is 1.71. The van der Waals surface area contributed by atoms with Crippen LogP contribution in [0.4, 0.5) is 0 Å². The molecule has 0 radical (unpaired) electrons. The van der Waals surface area contributed by atoms with Crippen molar-refractivity contribution in [3.8, 4) is 0 Å². The predicted molar refractivity (Wildman–Crippen MR) is 34.7 cm³/mol. The Balaban J connectivity index is 3.30. The third-order valence-corrected chi connectivity index (χ3v) is 0.455. The monoisotopic (exact) mass is 113 g/mol. The van der Waals surface area contributed by atoms with Crippen LogP contribution in [0.1, 0.15) is 20.8 Å². The Morgan fingerprint density at radius 3 is 2.50 bits per heavy atom. The minimum atomic E-state index is 1.11. The van der Waals surface area contributed by atoms with Crippen LogP contribution in [0.5, 0.6) is 0 Å². The molecule has 46 valence electrons. The number of allylic oxidation sites excluding steroid dienone is 1. The Kier molecular flexibility index (Phi) is 3.94. The van der Waals surface area contributed by atoms with Crippen molar-refractivity contribution in [2.75, 3.05) is 0 Å². The zero-order valence-corrected chi connectivity index (χ0v) is 5.51. The molecule has 0 aliphatic carbocycles. The molecule has 0 spiro atoms. The molecule has 0 aliphatic heterocycles. The molecule has 0 amide bonds. The number of oxime groups is 1. The van der Waals surface area contributed by atoms with Crippen molar-refractivity contribution in [1.29, 1.82) is 0 Å². The summed E-state index contributed by atoms with van der Waals surface area (Å²) < 4.78 is 0. The number of rotatable bonds is 2. The van der Waals surface area contributed by atoms with Crippen LogP contribution in [0.3, 0.4) is 0 Å². The second-order valence-electron chi connectivity index (χ2n) is 1.66. The van der Waals surface area contributed by atoms with Crippen molar-refractivity contribution >= 4 is 6.21 Å². The number of hydrogen-bond acceptors (Lipinski definition) is 2. The van der Waals surface area contributed by atoms with Gasteiger partial charge in [-0.2, -0.15) is 0 Å². The molecule has 0 rings (SSSR count). The second kappa shape index (κ2) is 4.37. The molecule has 2 nitrogen and oxygen atoms in total. The average molecular weight is 113 g/mol. The van der Waals surface area contributed by atoms with Gasteiger partial charge in [0.05, 0.1) is 0 Å². The summed E-state index contributed by atoms with van der Waals surface area (Å²) in [4.78, 5) is 4.65. The standard InChI is InChI=1S/C6H11NO/c1-4-7-8-5-6(2)3/h4-5H,1-3H3/b7-4-. The topological polar surface area (TPSA) is 21.6 Å². The molecule has 0 fully saturated rings. The summed E-state index contributed by atoms with van der Waals surface area (Å²) in [5.41, 5.74) is 1.11. The highest BCUT2D eigenvalue weighted by Crippen LogP contribution is 1.88. The maximum absolute atomic E-state index is 4.65. The minimum absolute atomic E-state index is 1.11. The van der Waals surface area contributed by atoms with Crippen LogP contribution in [0.25, 0.3) is 0 Å². The molecule has 2 heteroatoms. The number of nitrogens with zero attached hydrogens (tertiary/aromatic N) is 1. The summed E-state index contributed by atoms with van der Waals surface area (Å²) in [5.74, 6) is 0. The molecule has 0 aliphatic rings. The van der Waals surface area contributed by atoms with Crippen molar-refractivity contribution in [3.63, 3.8) is 0 Å². The summed E-state index contributed by atoms with van der Waals surface area (Å²) in [7, 11) is 0. The SMILES string of the molecule is C/C=N\OC=C(C)C. The lowest BCUT2D eigenvalue weighted by molar-refractivity contribution is 0.267. The third-order valence-electron chi connectivity index (χ3n) is 0.455. The Morgan fingerprint density at radius 1 is 1.50 bits per heavy atom. The zero-order chi connectivity index (χ0) is 6.41. The number of hydrogen-bond donors (Lipinski definition) is 0. The van der Waals surface area contributed by atoms with Gasteiger partial charge in [0.2, 0.25) is 0 Å². The van der Waals surface area contributed by atoms with Gasteiger partial charge in [0.15, 0.2) is 0 Å². The van der Waals surface area contributed by atoms with Gasteiger partial charge >= 0.3 is 0 Å². The van der Waals surface area contributed by atoms with Crippen LogP contribution in [0.15, 0.2) is 17.0 Å². The Labute approximate surface area is 49.8 Å². The van der Waals surface area contributed by atoms with E-state index in [9.17, 15) is 0 Å². The molecule has 0 saturated heterocycles. The summed E-state index contributed by atoms with van der Waals surface area (Å²) in [6.07, 6.45) is 3.19. The minimum Gasteiger partial charge on any atom is -0.365 e. The van der Waals surface area contributed by atoms with E-state index in [1.54, 1.807) is 19.4 Å². The molecule has 0 unspecified atom stereocenters. The highest BCUT2D eigenvalue weighted by atomic mass is 16.6.